The van der Waals surface area contributed by atoms with Gasteiger partial charge in [0.25, 0.3) is 0 Å². The monoisotopic (exact) mass is 504 g/mol. The highest BCUT2D eigenvalue weighted by Gasteiger charge is 2.60. The Hall–Kier alpha value is -2.16. The van der Waals surface area contributed by atoms with Crippen molar-refractivity contribution in [1.82, 2.24) is 20.4 Å². The third-order valence-corrected chi connectivity index (χ3v) is 8.82. The number of carbonyl (C=O) groups is 4. The van der Waals surface area contributed by atoms with Crippen molar-refractivity contribution >= 4 is 23.7 Å². The van der Waals surface area contributed by atoms with Gasteiger partial charge in [0.2, 0.25) is 17.7 Å². The molecule has 2 unspecified atom stereocenters. The lowest BCUT2D eigenvalue weighted by Gasteiger charge is -2.65. The second-order valence-electron chi connectivity index (χ2n) is 13.1. The number of methoxy groups -OCH3 is 1. The normalized spacial score (nSPS) is 35.6. The van der Waals surface area contributed by atoms with E-state index in [2.05, 4.69) is 24.5 Å². The molecule has 0 aromatic heterocycles. The first-order valence-electron chi connectivity index (χ1n) is 13.5. The third kappa shape index (κ3) is 5.71. The number of hydrogen-bond donors (Lipinski definition) is 2. The predicted molar refractivity (Wildman–Crippen MR) is 135 cm³/mol. The fourth-order valence-electron chi connectivity index (χ4n) is 8.58. The van der Waals surface area contributed by atoms with Crippen molar-refractivity contribution in [1.29, 1.82) is 0 Å². The van der Waals surface area contributed by atoms with Gasteiger partial charge in [0.15, 0.2) is 0 Å². The fourth-order valence-corrected chi connectivity index (χ4v) is 8.58. The van der Waals surface area contributed by atoms with Crippen LogP contribution in [-0.4, -0.2) is 85.4 Å². The molecule has 5 aliphatic rings. The maximum absolute atomic E-state index is 13.1. The quantitative estimate of drug-likeness (QED) is 0.464. The number of likely N-dealkylation sites (tertiary alicyclic amines) is 1. The van der Waals surface area contributed by atoms with E-state index in [1.807, 2.05) is 14.1 Å². The molecule has 5 rings (SSSR count). The van der Waals surface area contributed by atoms with Crippen molar-refractivity contribution < 1.29 is 23.9 Å². The molecule has 3 amide bonds. The maximum atomic E-state index is 13.1. The van der Waals surface area contributed by atoms with Gasteiger partial charge in [-0.15, -0.1) is 0 Å². The van der Waals surface area contributed by atoms with Crippen molar-refractivity contribution in [2.45, 2.75) is 95.7 Å². The molecule has 9 heteroatoms. The van der Waals surface area contributed by atoms with Crippen molar-refractivity contribution in [2.24, 2.45) is 16.7 Å². The zero-order valence-electron chi connectivity index (χ0n) is 22.7. The van der Waals surface area contributed by atoms with Gasteiger partial charge in [-0.3, -0.25) is 14.4 Å². The molecule has 4 bridgehead atoms. The Balaban J connectivity index is 1.35. The number of rotatable bonds is 9. The number of carbonyl (C=O) groups excluding carboxylic acids is 4. The molecule has 2 N–H and O–H groups in total. The lowest BCUT2D eigenvalue weighted by molar-refractivity contribution is -0.147. The first-order valence-corrected chi connectivity index (χ1v) is 13.5. The summed E-state index contributed by atoms with van der Waals surface area (Å²) in [5.41, 5.74) is 0.434. The van der Waals surface area contributed by atoms with Gasteiger partial charge in [-0.2, -0.15) is 0 Å². The Bertz CT molecular complexity index is 887. The van der Waals surface area contributed by atoms with E-state index in [0.717, 1.165) is 25.7 Å². The van der Waals surface area contributed by atoms with E-state index in [1.54, 1.807) is 9.80 Å². The first kappa shape index (κ1) is 26.9. The van der Waals surface area contributed by atoms with Gasteiger partial charge < -0.3 is 25.2 Å². The van der Waals surface area contributed by atoms with Crippen LogP contribution in [0.2, 0.25) is 0 Å². The molecule has 4 saturated carbocycles. The number of ether oxygens (including phenoxy) is 1. The zero-order valence-corrected chi connectivity index (χ0v) is 22.7. The molecule has 0 spiro atoms. The van der Waals surface area contributed by atoms with Crippen LogP contribution in [0.5, 0.6) is 0 Å². The Kier molecular flexibility index (Phi) is 7.43. The van der Waals surface area contributed by atoms with Crippen LogP contribution in [0.15, 0.2) is 0 Å². The molecule has 0 radical (unpaired) electrons. The zero-order chi connectivity index (χ0) is 26.3. The summed E-state index contributed by atoms with van der Waals surface area (Å²) >= 11 is 0. The molecule has 5 fully saturated rings. The number of esters is 1. The van der Waals surface area contributed by atoms with Crippen molar-refractivity contribution in [3.05, 3.63) is 0 Å². The molecule has 1 aliphatic heterocycles. The Morgan fingerprint density at radius 3 is 2.31 bits per heavy atom. The Morgan fingerprint density at radius 1 is 1.06 bits per heavy atom. The number of nitrogens with zero attached hydrogens (tertiary/aromatic N) is 2. The van der Waals surface area contributed by atoms with E-state index in [4.69, 9.17) is 4.74 Å². The third-order valence-electron chi connectivity index (χ3n) is 8.82. The summed E-state index contributed by atoms with van der Waals surface area (Å²) < 4.78 is 4.92. The molecule has 9 nitrogen and oxygen atoms in total. The van der Waals surface area contributed by atoms with Crippen LogP contribution in [0, 0.1) is 16.7 Å². The molecule has 1 heterocycles. The summed E-state index contributed by atoms with van der Waals surface area (Å²) in [6.45, 7) is 5.49. The number of likely N-dealkylation sites (N-methyl/N-ethyl adjacent to an activating group) is 1. The second kappa shape index (κ2) is 9.95. The maximum Gasteiger partial charge on any atom is 0.328 e. The summed E-state index contributed by atoms with van der Waals surface area (Å²) in [6.07, 6.45) is 8.42. The van der Waals surface area contributed by atoms with Gasteiger partial charge in [0.05, 0.1) is 13.7 Å². The molecular weight excluding hydrogens is 460 g/mol. The summed E-state index contributed by atoms with van der Waals surface area (Å²) in [5.74, 6) is -0.448. The molecular formula is C27H44N4O5. The van der Waals surface area contributed by atoms with Gasteiger partial charge >= 0.3 is 5.97 Å². The van der Waals surface area contributed by atoms with Gasteiger partial charge in [0, 0.05) is 18.5 Å². The Morgan fingerprint density at radius 2 is 1.72 bits per heavy atom. The van der Waals surface area contributed by atoms with Crippen LogP contribution in [0.3, 0.4) is 0 Å². The number of amides is 3. The standard InChI is InChI=1S/C27H44N4O5/c1-25-11-18-12-26(2,15-25)17-27(13-18,16-25)29-21(32)9-8-19(24(35)36-5)28-23(34)20-7-6-10-31(20)22(33)14-30(3)4/h18-20H,6-17H2,1-5H3,(H,28,34)(H,29,32)/t18?,19-,20-,25?,26?,27?/m0/s1. The minimum atomic E-state index is -0.925. The van der Waals surface area contributed by atoms with Crippen molar-refractivity contribution in [3.8, 4) is 0 Å². The van der Waals surface area contributed by atoms with Crippen LogP contribution in [0.4, 0.5) is 0 Å². The van der Waals surface area contributed by atoms with Crippen LogP contribution in [0.25, 0.3) is 0 Å². The van der Waals surface area contributed by atoms with E-state index in [0.29, 0.717) is 29.7 Å². The molecule has 36 heavy (non-hydrogen) atoms. The fraction of sp³-hybridized carbons (Fsp3) is 0.852. The molecule has 4 atom stereocenters. The van der Waals surface area contributed by atoms with E-state index in [9.17, 15) is 19.2 Å². The molecule has 1 saturated heterocycles. The summed E-state index contributed by atoms with van der Waals surface area (Å²) in [7, 11) is 4.90. The van der Waals surface area contributed by atoms with Crippen LogP contribution in [0.1, 0.15) is 78.1 Å². The SMILES string of the molecule is COC(=O)[C@H](CCC(=O)NC12CC3CC(C)(CC(C)(C3)C1)C2)NC(=O)[C@@H]1CCCN1C(=O)CN(C)C. The molecule has 4 aliphatic carbocycles. The van der Waals surface area contributed by atoms with Crippen molar-refractivity contribution in [3.63, 3.8) is 0 Å². The van der Waals surface area contributed by atoms with Crippen LogP contribution < -0.4 is 10.6 Å². The largest absolute Gasteiger partial charge is 0.467 e. The Labute approximate surface area is 215 Å². The van der Waals surface area contributed by atoms with Crippen molar-refractivity contribution in [2.75, 3.05) is 34.3 Å². The average Bonchev–Trinajstić information content (AvgIpc) is 3.23. The van der Waals surface area contributed by atoms with Gasteiger partial charge in [0.1, 0.15) is 12.1 Å². The topological polar surface area (TPSA) is 108 Å². The smallest absolute Gasteiger partial charge is 0.328 e. The molecule has 0 aromatic rings. The highest BCUT2D eigenvalue weighted by atomic mass is 16.5. The summed E-state index contributed by atoms with van der Waals surface area (Å²) in [5, 5.41) is 6.15. The highest BCUT2D eigenvalue weighted by Crippen LogP contribution is 2.66. The average molecular weight is 505 g/mol. The lowest BCUT2D eigenvalue weighted by Crippen LogP contribution is -2.65. The van der Waals surface area contributed by atoms with E-state index in [1.165, 1.54) is 26.4 Å². The first-order chi connectivity index (χ1) is 16.8. The van der Waals surface area contributed by atoms with E-state index < -0.39 is 18.1 Å². The minimum Gasteiger partial charge on any atom is -0.467 e. The lowest BCUT2D eigenvalue weighted by atomic mass is 9.43. The highest BCUT2D eigenvalue weighted by molar-refractivity contribution is 5.91. The van der Waals surface area contributed by atoms with Gasteiger partial charge in [-0.05, 0) is 88.6 Å². The number of nitrogens with one attached hydrogen (secondary N) is 2. The summed E-state index contributed by atoms with van der Waals surface area (Å²) in [4.78, 5) is 54.6. The predicted octanol–water partition coefficient (Wildman–Crippen LogP) is 1.84. The number of hydrogen-bond acceptors (Lipinski definition) is 6. The molecule has 202 valence electrons. The van der Waals surface area contributed by atoms with E-state index in [-0.39, 0.29) is 42.6 Å². The second-order valence-corrected chi connectivity index (χ2v) is 13.1. The molecule has 0 aromatic carbocycles. The van der Waals surface area contributed by atoms with E-state index >= 15 is 0 Å². The van der Waals surface area contributed by atoms with Gasteiger partial charge in [-0.1, -0.05) is 13.8 Å². The summed E-state index contributed by atoms with van der Waals surface area (Å²) in [6, 6.07) is -1.53. The van der Waals surface area contributed by atoms with Crippen LogP contribution >= 0.6 is 0 Å². The van der Waals surface area contributed by atoms with Crippen LogP contribution in [-0.2, 0) is 23.9 Å². The minimum absolute atomic E-state index is 0.0732. The van der Waals surface area contributed by atoms with Gasteiger partial charge in [-0.25, -0.2) is 4.79 Å².